The summed E-state index contributed by atoms with van der Waals surface area (Å²) < 4.78 is 0. The van der Waals surface area contributed by atoms with Gasteiger partial charge in [0, 0.05) is 17.1 Å². The molecule has 0 saturated carbocycles. The molecule has 1 aliphatic carbocycles. The average molecular weight is 437 g/mol. The van der Waals surface area contributed by atoms with Crippen LogP contribution in [0.15, 0.2) is 54.6 Å². The molecule has 162 valence electrons. The summed E-state index contributed by atoms with van der Waals surface area (Å²) in [6.45, 7) is 1.29. The highest BCUT2D eigenvalue weighted by Crippen LogP contribution is 2.36. The van der Waals surface area contributed by atoms with Crippen LogP contribution in [0.1, 0.15) is 46.6 Å². The first-order valence-corrected chi connectivity index (χ1v) is 11.5. The maximum atomic E-state index is 12.8. The molecule has 1 aromatic heterocycles. The number of hydrogen-bond donors (Lipinski definition) is 4. The number of aryl methyl sites for hydroxylation is 1. The van der Waals surface area contributed by atoms with Crippen molar-refractivity contribution in [2.45, 2.75) is 37.7 Å². The number of benzene rings is 2. The minimum absolute atomic E-state index is 0.0180. The number of fused-ring (bicyclic) bond motifs is 1. The van der Waals surface area contributed by atoms with E-state index in [1.54, 1.807) is 0 Å². The highest BCUT2D eigenvalue weighted by molar-refractivity contribution is 7.15. The molecule has 6 nitrogen and oxygen atoms in total. The third kappa shape index (κ3) is 5.50. The number of thiazole rings is 1. The van der Waals surface area contributed by atoms with Crippen molar-refractivity contribution in [3.8, 4) is 0 Å². The Bertz CT molecular complexity index is 1000. The van der Waals surface area contributed by atoms with E-state index in [9.17, 15) is 9.90 Å². The summed E-state index contributed by atoms with van der Waals surface area (Å²) in [4.78, 5) is 18.3. The van der Waals surface area contributed by atoms with E-state index in [0.29, 0.717) is 11.7 Å². The summed E-state index contributed by atoms with van der Waals surface area (Å²) in [5.74, 6) is -0.243. The molecule has 31 heavy (non-hydrogen) atoms. The van der Waals surface area contributed by atoms with Crippen molar-refractivity contribution in [3.63, 3.8) is 0 Å². The minimum atomic E-state index is -0.507. The number of rotatable bonds is 8. The predicted octanol–water partition coefficient (Wildman–Crippen LogP) is 3.65. The van der Waals surface area contributed by atoms with Crippen molar-refractivity contribution in [1.82, 2.24) is 10.3 Å². The van der Waals surface area contributed by atoms with E-state index in [0.717, 1.165) is 54.0 Å². The zero-order valence-electron chi connectivity index (χ0n) is 17.4. The van der Waals surface area contributed by atoms with Gasteiger partial charge in [-0.05, 0) is 55.5 Å². The van der Waals surface area contributed by atoms with Crippen molar-refractivity contribution in [2.24, 2.45) is 0 Å². The number of nitrogens with zero attached hydrogens (tertiary/aromatic N) is 1. The van der Waals surface area contributed by atoms with Gasteiger partial charge in [0.05, 0.1) is 17.7 Å². The molecule has 1 amide bonds. The third-order valence-electron chi connectivity index (χ3n) is 5.62. The van der Waals surface area contributed by atoms with Gasteiger partial charge >= 0.3 is 0 Å². The third-order valence-corrected chi connectivity index (χ3v) is 6.58. The van der Waals surface area contributed by atoms with Gasteiger partial charge in [-0.15, -0.1) is 11.3 Å². The van der Waals surface area contributed by atoms with E-state index in [2.05, 4.69) is 15.6 Å². The van der Waals surface area contributed by atoms with Crippen molar-refractivity contribution in [3.05, 3.63) is 76.3 Å². The van der Waals surface area contributed by atoms with Crippen LogP contribution in [0.25, 0.3) is 0 Å². The van der Waals surface area contributed by atoms with Gasteiger partial charge < -0.3 is 21.5 Å². The van der Waals surface area contributed by atoms with Crippen LogP contribution < -0.4 is 16.4 Å². The van der Waals surface area contributed by atoms with Crippen LogP contribution in [-0.4, -0.2) is 29.1 Å². The second-order valence-electron chi connectivity index (χ2n) is 7.87. The van der Waals surface area contributed by atoms with Crippen LogP contribution in [0.3, 0.4) is 0 Å². The zero-order valence-corrected chi connectivity index (χ0v) is 18.2. The number of nitrogen functional groups attached to an aromatic ring is 1. The fourth-order valence-electron chi connectivity index (χ4n) is 3.94. The Kier molecular flexibility index (Phi) is 6.96. The summed E-state index contributed by atoms with van der Waals surface area (Å²) in [6, 6.07) is 17.6. The number of aliphatic hydroxyl groups is 1. The molecule has 0 fully saturated rings. The standard InChI is InChI=1S/C24H28N4O2S/c25-24-28-22-19(7-4-8-21(22)31-24)23(30)27-18-11-9-16(10-12-18)13-14-26-15-20(29)17-5-2-1-3-6-17/h1-3,5-6,9-12,19-20,26,29H,4,7-8,13-15H2,(H2,25,28)(H,27,30). The summed E-state index contributed by atoms with van der Waals surface area (Å²) in [7, 11) is 0. The lowest BCUT2D eigenvalue weighted by Crippen LogP contribution is -2.24. The number of aromatic nitrogens is 1. The first-order chi connectivity index (χ1) is 15.1. The molecule has 2 atom stereocenters. The normalized spacial score (nSPS) is 16.5. The SMILES string of the molecule is Nc1nc2c(s1)CCCC2C(=O)Nc1ccc(CCNCC(O)c2ccccc2)cc1. The molecule has 1 heterocycles. The van der Waals surface area contributed by atoms with Gasteiger partial charge in [-0.2, -0.15) is 0 Å². The summed E-state index contributed by atoms with van der Waals surface area (Å²) in [5.41, 5.74) is 9.57. The topological polar surface area (TPSA) is 100 Å². The van der Waals surface area contributed by atoms with Gasteiger partial charge in [-0.25, -0.2) is 4.98 Å². The Balaban J connectivity index is 1.24. The number of carbonyl (C=O) groups is 1. The number of aliphatic hydroxyl groups excluding tert-OH is 1. The molecule has 0 spiro atoms. The van der Waals surface area contributed by atoms with E-state index in [-0.39, 0.29) is 11.8 Å². The molecule has 0 saturated heterocycles. The highest BCUT2D eigenvalue weighted by Gasteiger charge is 2.30. The van der Waals surface area contributed by atoms with E-state index in [4.69, 9.17) is 5.73 Å². The summed E-state index contributed by atoms with van der Waals surface area (Å²) in [5, 5.41) is 17.1. The van der Waals surface area contributed by atoms with Crippen LogP contribution >= 0.6 is 11.3 Å². The zero-order chi connectivity index (χ0) is 21.6. The van der Waals surface area contributed by atoms with Crippen molar-refractivity contribution in [2.75, 3.05) is 24.1 Å². The number of carbonyl (C=O) groups excluding carboxylic acids is 1. The first kappa shape index (κ1) is 21.5. The lowest BCUT2D eigenvalue weighted by molar-refractivity contribution is -0.117. The van der Waals surface area contributed by atoms with Crippen LogP contribution in [0.2, 0.25) is 0 Å². The summed E-state index contributed by atoms with van der Waals surface area (Å²) in [6.07, 6.45) is 3.09. The molecule has 7 heteroatoms. The number of nitrogens with one attached hydrogen (secondary N) is 2. The number of hydrogen-bond acceptors (Lipinski definition) is 6. The van der Waals surface area contributed by atoms with Crippen LogP contribution in [0.5, 0.6) is 0 Å². The monoisotopic (exact) mass is 436 g/mol. The molecule has 1 aliphatic rings. The van der Waals surface area contributed by atoms with Crippen LogP contribution in [0.4, 0.5) is 10.8 Å². The molecule has 2 aromatic carbocycles. The minimum Gasteiger partial charge on any atom is -0.387 e. The molecular weight excluding hydrogens is 408 g/mol. The molecule has 5 N–H and O–H groups in total. The molecule has 0 bridgehead atoms. The lowest BCUT2D eigenvalue weighted by atomic mass is 9.90. The average Bonchev–Trinajstić information content (AvgIpc) is 3.18. The van der Waals surface area contributed by atoms with Gasteiger partial charge in [0.1, 0.15) is 0 Å². The highest BCUT2D eigenvalue weighted by atomic mass is 32.1. The number of anilines is 2. The fraction of sp³-hybridized carbons (Fsp3) is 0.333. The van der Waals surface area contributed by atoms with E-state index in [1.165, 1.54) is 16.9 Å². The van der Waals surface area contributed by atoms with Crippen molar-refractivity contribution in [1.29, 1.82) is 0 Å². The molecular formula is C24H28N4O2S. The van der Waals surface area contributed by atoms with Gasteiger partial charge in [0.2, 0.25) is 5.91 Å². The number of amides is 1. The van der Waals surface area contributed by atoms with Gasteiger partial charge in [-0.1, -0.05) is 42.5 Å². The predicted molar refractivity (Wildman–Crippen MR) is 125 cm³/mol. The van der Waals surface area contributed by atoms with E-state index < -0.39 is 6.10 Å². The number of nitrogens with two attached hydrogens (primary N) is 1. The van der Waals surface area contributed by atoms with Gasteiger partial charge in [0.25, 0.3) is 0 Å². The Morgan fingerprint density at radius 2 is 1.97 bits per heavy atom. The van der Waals surface area contributed by atoms with Crippen molar-refractivity contribution < 1.29 is 9.90 Å². The Hall–Kier alpha value is -2.74. The van der Waals surface area contributed by atoms with Gasteiger partial charge in [-0.3, -0.25) is 4.79 Å². The molecule has 4 rings (SSSR count). The second-order valence-corrected chi connectivity index (χ2v) is 8.99. The first-order valence-electron chi connectivity index (χ1n) is 10.7. The van der Waals surface area contributed by atoms with Crippen LogP contribution in [-0.2, 0) is 17.6 Å². The Labute approximate surface area is 186 Å². The molecule has 0 radical (unpaired) electrons. The maximum Gasteiger partial charge on any atom is 0.233 e. The Morgan fingerprint density at radius 1 is 1.19 bits per heavy atom. The fourth-order valence-corrected chi connectivity index (χ4v) is 4.88. The van der Waals surface area contributed by atoms with Gasteiger partial charge in [0.15, 0.2) is 5.13 Å². The van der Waals surface area contributed by atoms with E-state index >= 15 is 0 Å². The Morgan fingerprint density at radius 3 is 2.74 bits per heavy atom. The molecule has 0 aliphatic heterocycles. The lowest BCUT2D eigenvalue weighted by Gasteiger charge is -2.20. The molecule has 3 aromatic rings. The quantitative estimate of drug-likeness (QED) is 0.404. The van der Waals surface area contributed by atoms with Crippen molar-refractivity contribution >= 4 is 28.1 Å². The summed E-state index contributed by atoms with van der Waals surface area (Å²) >= 11 is 1.49. The smallest absolute Gasteiger partial charge is 0.233 e. The molecule has 2 unspecified atom stereocenters. The maximum absolute atomic E-state index is 12.8. The largest absolute Gasteiger partial charge is 0.387 e. The second kappa shape index (κ2) is 10.0. The van der Waals surface area contributed by atoms with Crippen LogP contribution in [0, 0.1) is 0 Å². The van der Waals surface area contributed by atoms with E-state index in [1.807, 2.05) is 54.6 Å².